The van der Waals surface area contributed by atoms with E-state index in [1.807, 2.05) is 19.1 Å². The Labute approximate surface area is 115 Å². The standard InChI is InChI=1S/C15H22ClNO/c1-5-11-12(8-7-10(3)17-11)18-14-9-13(16)15(14,4)6-2/h7-8,13-14H,5-6,9H2,1-4H3. The van der Waals surface area contributed by atoms with Crippen molar-refractivity contribution in [2.75, 3.05) is 0 Å². The number of ether oxygens (including phenoxy) is 1. The molecule has 0 N–H and O–H groups in total. The van der Waals surface area contributed by atoms with Gasteiger partial charge < -0.3 is 4.74 Å². The number of nitrogens with zero attached hydrogens (tertiary/aromatic N) is 1. The number of hydrogen-bond donors (Lipinski definition) is 0. The van der Waals surface area contributed by atoms with Crippen LogP contribution in [0, 0.1) is 12.3 Å². The molecule has 0 spiro atoms. The van der Waals surface area contributed by atoms with Gasteiger partial charge >= 0.3 is 0 Å². The zero-order valence-electron chi connectivity index (χ0n) is 11.7. The summed E-state index contributed by atoms with van der Waals surface area (Å²) in [6, 6.07) is 4.05. The van der Waals surface area contributed by atoms with Gasteiger partial charge in [0.15, 0.2) is 0 Å². The van der Waals surface area contributed by atoms with Gasteiger partial charge in [-0.2, -0.15) is 0 Å². The molecule has 0 bridgehead atoms. The highest BCUT2D eigenvalue weighted by Crippen LogP contribution is 2.49. The summed E-state index contributed by atoms with van der Waals surface area (Å²) in [4.78, 5) is 4.54. The maximum atomic E-state index is 6.32. The predicted molar refractivity (Wildman–Crippen MR) is 75.4 cm³/mol. The third-order valence-corrected chi connectivity index (χ3v) is 4.99. The Balaban J connectivity index is 2.15. The zero-order chi connectivity index (χ0) is 13.3. The summed E-state index contributed by atoms with van der Waals surface area (Å²) < 4.78 is 6.16. The molecule has 0 radical (unpaired) electrons. The number of hydrogen-bond acceptors (Lipinski definition) is 2. The largest absolute Gasteiger partial charge is 0.488 e. The first kappa shape index (κ1) is 13.7. The minimum atomic E-state index is 0.0947. The molecule has 3 heteroatoms. The van der Waals surface area contributed by atoms with Gasteiger partial charge in [0.1, 0.15) is 11.9 Å². The highest BCUT2D eigenvalue weighted by atomic mass is 35.5. The Morgan fingerprint density at radius 3 is 2.72 bits per heavy atom. The molecule has 1 aromatic rings. The molecule has 1 fully saturated rings. The summed E-state index contributed by atoms with van der Waals surface area (Å²) in [5, 5.41) is 0.232. The van der Waals surface area contributed by atoms with E-state index < -0.39 is 0 Å². The van der Waals surface area contributed by atoms with E-state index in [4.69, 9.17) is 16.3 Å². The molecule has 1 heterocycles. The van der Waals surface area contributed by atoms with Crippen molar-refractivity contribution in [1.82, 2.24) is 4.98 Å². The monoisotopic (exact) mass is 267 g/mol. The van der Waals surface area contributed by atoms with Crippen molar-refractivity contribution in [2.24, 2.45) is 5.41 Å². The Morgan fingerprint density at radius 1 is 1.44 bits per heavy atom. The van der Waals surface area contributed by atoms with E-state index in [1.54, 1.807) is 0 Å². The number of aromatic nitrogens is 1. The van der Waals surface area contributed by atoms with E-state index in [2.05, 4.69) is 25.8 Å². The minimum Gasteiger partial charge on any atom is -0.488 e. The van der Waals surface area contributed by atoms with Gasteiger partial charge in [-0.15, -0.1) is 11.6 Å². The Bertz CT molecular complexity index is 435. The Kier molecular flexibility index (Phi) is 3.86. The van der Waals surface area contributed by atoms with Crippen LogP contribution in [0.3, 0.4) is 0 Å². The van der Waals surface area contributed by atoms with Crippen molar-refractivity contribution >= 4 is 11.6 Å². The molecule has 1 aliphatic carbocycles. The first-order valence-electron chi connectivity index (χ1n) is 6.78. The van der Waals surface area contributed by atoms with Crippen molar-refractivity contribution in [3.63, 3.8) is 0 Å². The highest BCUT2D eigenvalue weighted by Gasteiger charge is 2.51. The summed E-state index contributed by atoms with van der Waals surface area (Å²) in [6.45, 7) is 8.51. The molecule has 0 aliphatic heterocycles. The zero-order valence-corrected chi connectivity index (χ0v) is 12.4. The van der Waals surface area contributed by atoms with Crippen molar-refractivity contribution < 1.29 is 4.74 Å². The molecular weight excluding hydrogens is 246 g/mol. The molecule has 3 unspecified atom stereocenters. The van der Waals surface area contributed by atoms with Gasteiger partial charge in [0.2, 0.25) is 0 Å². The van der Waals surface area contributed by atoms with Crippen molar-refractivity contribution in [2.45, 2.75) is 58.4 Å². The lowest BCUT2D eigenvalue weighted by atomic mass is 9.65. The molecular formula is C15H22ClNO. The predicted octanol–water partition coefficient (Wildman–Crippen LogP) is 4.13. The van der Waals surface area contributed by atoms with Crippen LogP contribution in [-0.2, 0) is 6.42 Å². The second-order valence-electron chi connectivity index (χ2n) is 5.42. The minimum absolute atomic E-state index is 0.0947. The molecule has 18 heavy (non-hydrogen) atoms. The van der Waals surface area contributed by atoms with Crippen LogP contribution in [0.15, 0.2) is 12.1 Å². The highest BCUT2D eigenvalue weighted by molar-refractivity contribution is 6.21. The number of rotatable bonds is 4. The summed E-state index contributed by atoms with van der Waals surface area (Å²) in [6.07, 6.45) is 3.10. The number of alkyl halides is 1. The third-order valence-electron chi connectivity index (χ3n) is 4.31. The Morgan fingerprint density at radius 2 is 2.17 bits per heavy atom. The van der Waals surface area contributed by atoms with E-state index in [0.29, 0.717) is 0 Å². The van der Waals surface area contributed by atoms with E-state index in [0.717, 1.165) is 36.4 Å². The molecule has 1 saturated carbocycles. The number of pyridine rings is 1. The number of halogens is 1. The summed E-state index contributed by atoms with van der Waals surface area (Å²) in [5.41, 5.74) is 2.19. The molecule has 1 aliphatic rings. The molecule has 2 nitrogen and oxygen atoms in total. The van der Waals surface area contributed by atoms with Crippen LogP contribution in [-0.4, -0.2) is 16.5 Å². The molecule has 0 saturated heterocycles. The van der Waals surface area contributed by atoms with Crippen LogP contribution < -0.4 is 4.74 Å². The quantitative estimate of drug-likeness (QED) is 0.766. The van der Waals surface area contributed by atoms with Gasteiger partial charge in [-0.25, -0.2) is 0 Å². The maximum Gasteiger partial charge on any atom is 0.141 e. The lowest BCUT2D eigenvalue weighted by Gasteiger charge is -2.50. The molecule has 100 valence electrons. The fourth-order valence-electron chi connectivity index (χ4n) is 2.51. The van der Waals surface area contributed by atoms with Crippen molar-refractivity contribution in [3.8, 4) is 5.75 Å². The number of aryl methyl sites for hydroxylation is 2. The first-order valence-corrected chi connectivity index (χ1v) is 7.22. The van der Waals surface area contributed by atoms with Crippen LogP contribution in [0.25, 0.3) is 0 Å². The van der Waals surface area contributed by atoms with E-state index >= 15 is 0 Å². The fraction of sp³-hybridized carbons (Fsp3) is 0.667. The van der Waals surface area contributed by atoms with E-state index in [9.17, 15) is 0 Å². The first-order chi connectivity index (χ1) is 8.51. The smallest absolute Gasteiger partial charge is 0.141 e. The molecule has 0 amide bonds. The van der Waals surface area contributed by atoms with E-state index in [-0.39, 0.29) is 16.9 Å². The van der Waals surface area contributed by atoms with Crippen LogP contribution in [0.5, 0.6) is 5.75 Å². The van der Waals surface area contributed by atoms with Crippen molar-refractivity contribution in [3.05, 3.63) is 23.5 Å². The molecule has 3 atom stereocenters. The SMILES string of the molecule is CCc1nc(C)ccc1OC1CC(Cl)C1(C)CC. The summed E-state index contributed by atoms with van der Waals surface area (Å²) in [7, 11) is 0. The second-order valence-corrected chi connectivity index (χ2v) is 5.95. The van der Waals surface area contributed by atoms with Crippen molar-refractivity contribution in [1.29, 1.82) is 0 Å². The van der Waals surface area contributed by atoms with Gasteiger partial charge in [-0.1, -0.05) is 20.8 Å². The molecule has 0 aromatic carbocycles. The summed E-state index contributed by atoms with van der Waals surface area (Å²) >= 11 is 6.32. The molecule has 2 rings (SSSR count). The maximum absolute atomic E-state index is 6.32. The third kappa shape index (κ3) is 2.23. The van der Waals surface area contributed by atoms with E-state index in [1.165, 1.54) is 0 Å². The molecule has 1 aromatic heterocycles. The van der Waals surface area contributed by atoms with Gasteiger partial charge in [0.05, 0.1) is 5.69 Å². The van der Waals surface area contributed by atoms with Crippen LogP contribution >= 0.6 is 11.6 Å². The van der Waals surface area contributed by atoms with Gasteiger partial charge in [-0.05, 0) is 31.9 Å². The summed E-state index contributed by atoms with van der Waals surface area (Å²) in [5.74, 6) is 0.927. The lowest BCUT2D eigenvalue weighted by molar-refractivity contribution is -0.0302. The fourth-order valence-corrected chi connectivity index (χ4v) is 2.97. The van der Waals surface area contributed by atoms with Crippen LogP contribution in [0.2, 0.25) is 0 Å². The van der Waals surface area contributed by atoms with Crippen LogP contribution in [0.1, 0.15) is 45.0 Å². The van der Waals surface area contributed by atoms with Gasteiger partial charge in [0, 0.05) is 22.9 Å². The average Bonchev–Trinajstić information content (AvgIpc) is 2.38. The average molecular weight is 268 g/mol. The Hall–Kier alpha value is -0.760. The van der Waals surface area contributed by atoms with Gasteiger partial charge in [0.25, 0.3) is 0 Å². The topological polar surface area (TPSA) is 22.1 Å². The van der Waals surface area contributed by atoms with Crippen LogP contribution in [0.4, 0.5) is 0 Å². The lowest BCUT2D eigenvalue weighted by Crippen LogP contribution is -2.55. The normalized spacial score (nSPS) is 30.9. The second kappa shape index (κ2) is 5.08. The van der Waals surface area contributed by atoms with Gasteiger partial charge in [-0.3, -0.25) is 4.98 Å².